The van der Waals surface area contributed by atoms with Gasteiger partial charge in [0.1, 0.15) is 23.7 Å². The molecule has 2 N–H and O–H groups in total. The van der Waals surface area contributed by atoms with Crippen LogP contribution in [-0.2, 0) is 20.1 Å². The van der Waals surface area contributed by atoms with E-state index in [0.29, 0.717) is 13.1 Å². The summed E-state index contributed by atoms with van der Waals surface area (Å²) in [7, 11) is 1.87. The molecule has 28 heavy (non-hydrogen) atoms. The van der Waals surface area contributed by atoms with Gasteiger partial charge in [0.25, 0.3) is 0 Å². The second-order valence-corrected chi connectivity index (χ2v) is 6.37. The van der Waals surface area contributed by atoms with E-state index in [1.165, 1.54) is 5.56 Å². The van der Waals surface area contributed by atoms with Crippen molar-refractivity contribution in [1.29, 1.82) is 0 Å². The van der Waals surface area contributed by atoms with Crippen LogP contribution in [-0.4, -0.2) is 27.3 Å². The maximum absolute atomic E-state index is 6.06. The molecule has 7 nitrogen and oxygen atoms in total. The molecule has 0 fully saturated rings. The zero-order valence-corrected chi connectivity index (χ0v) is 16.5. The number of rotatable bonds is 7. The van der Waals surface area contributed by atoms with Crippen molar-refractivity contribution in [2.75, 3.05) is 6.54 Å². The lowest BCUT2D eigenvalue weighted by Crippen LogP contribution is -2.37. The van der Waals surface area contributed by atoms with Crippen LogP contribution in [0.1, 0.15) is 23.9 Å². The molecular formula is C21H26N6O. The Morgan fingerprint density at radius 3 is 2.61 bits per heavy atom. The number of nitrogens with zero attached hydrogens (tertiary/aromatic N) is 4. The molecule has 7 heteroatoms. The molecule has 2 aromatic carbocycles. The lowest BCUT2D eigenvalue weighted by Gasteiger charge is -2.13. The third-order valence-electron chi connectivity index (χ3n) is 4.19. The van der Waals surface area contributed by atoms with E-state index in [1.54, 1.807) is 11.0 Å². The average Bonchev–Trinajstić information content (AvgIpc) is 3.11. The highest BCUT2D eigenvalue weighted by Gasteiger charge is 2.06. The van der Waals surface area contributed by atoms with Crippen LogP contribution in [0.3, 0.4) is 0 Å². The fourth-order valence-corrected chi connectivity index (χ4v) is 2.62. The second kappa shape index (κ2) is 9.55. The maximum Gasteiger partial charge on any atom is 0.191 e. The summed E-state index contributed by atoms with van der Waals surface area (Å²) >= 11 is 0. The van der Waals surface area contributed by atoms with Crippen molar-refractivity contribution in [2.45, 2.75) is 26.9 Å². The van der Waals surface area contributed by atoms with Crippen molar-refractivity contribution >= 4 is 5.96 Å². The Bertz CT molecular complexity index is 917. The van der Waals surface area contributed by atoms with Crippen LogP contribution in [0.4, 0.5) is 0 Å². The molecular weight excluding hydrogens is 352 g/mol. The summed E-state index contributed by atoms with van der Waals surface area (Å²) < 4.78 is 7.80. The molecule has 0 saturated heterocycles. The van der Waals surface area contributed by atoms with Crippen LogP contribution in [0.25, 0.3) is 0 Å². The Labute approximate surface area is 165 Å². The lowest BCUT2D eigenvalue weighted by atomic mass is 10.2. The van der Waals surface area contributed by atoms with Gasteiger partial charge in [0, 0.05) is 19.2 Å². The minimum Gasteiger partial charge on any atom is -0.457 e. The van der Waals surface area contributed by atoms with Gasteiger partial charge in [-0.25, -0.2) is 9.98 Å². The molecule has 0 saturated carbocycles. The van der Waals surface area contributed by atoms with Gasteiger partial charge < -0.3 is 15.4 Å². The first-order valence-electron chi connectivity index (χ1n) is 9.33. The Morgan fingerprint density at radius 2 is 1.89 bits per heavy atom. The topological polar surface area (TPSA) is 76.4 Å². The molecule has 0 atom stereocenters. The normalized spacial score (nSPS) is 11.3. The van der Waals surface area contributed by atoms with E-state index in [2.05, 4.69) is 32.6 Å². The fraction of sp³-hybridized carbons (Fsp3) is 0.286. The molecule has 0 spiro atoms. The van der Waals surface area contributed by atoms with Crippen LogP contribution >= 0.6 is 0 Å². The van der Waals surface area contributed by atoms with E-state index in [4.69, 9.17) is 4.74 Å². The molecule has 146 valence electrons. The number of aliphatic imine (C=N–C) groups is 1. The Kier molecular flexibility index (Phi) is 6.62. The quantitative estimate of drug-likeness (QED) is 0.488. The minimum atomic E-state index is 0.496. The van der Waals surface area contributed by atoms with Gasteiger partial charge in [0.05, 0.1) is 13.1 Å². The van der Waals surface area contributed by atoms with Gasteiger partial charge in [-0.1, -0.05) is 35.9 Å². The van der Waals surface area contributed by atoms with Gasteiger partial charge in [-0.3, -0.25) is 4.68 Å². The largest absolute Gasteiger partial charge is 0.457 e. The number of benzene rings is 2. The monoisotopic (exact) mass is 378 g/mol. The first-order chi connectivity index (χ1) is 13.7. The predicted octanol–water partition coefficient (Wildman–Crippen LogP) is 3.17. The number of ether oxygens (including phenoxy) is 1. The average molecular weight is 378 g/mol. The summed E-state index contributed by atoms with van der Waals surface area (Å²) in [5.74, 6) is 3.18. The highest BCUT2D eigenvalue weighted by molar-refractivity contribution is 5.79. The number of nitrogens with one attached hydrogen (secondary N) is 2. The van der Waals surface area contributed by atoms with Crippen molar-refractivity contribution in [3.63, 3.8) is 0 Å². The maximum atomic E-state index is 6.06. The third kappa shape index (κ3) is 5.33. The number of hydrogen-bond donors (Lipinski definition) is 2. The van der Waals surface area contributed by atoms with Crippen LogP contribution in [0.15, 0.2) is 59.9 Å². The molecule has 0 unspecified atom stereocenters. The molecule has 0 bridgehead atoms. The number of aromatic nitrogens is 3. The highest BCUT2D eigenvalue weighted by atomic mass is 16.5. The fourth-order valence-electron chi connectivity index (χ4n) is 2.62. The molecule has 0 amide bonds. The van der Waals surface area contributed by atoms with Crippen molar-refractivity contribution in [3.05, 3.63) is 71.8 Å². The van der Waals surface area contributed by atoms with Gasteiger partial charge in [0.15, 0.2) is 5.96 Å². The van der Waals surface area contributed by atoms with E-state index >= 15 is 0 Å². The second-order valence-electron chi connectivity index (χ2n) is 6.37. The summed E-state index contributed by atoms with van der Waals surface area (Å²) in [5.41, 5.74) is 2.22. The summed E-state index contributed by atoms with van der Waals surface area (Å²) in [6.07, 6.45) is 1.54. The van der Waals surface area contributed by atoms with Crippen LogP contribution in [0.5, 0.6) is 11.5 Å². The minimum absolute atomic E-state index is 0.496. The van der Waals surface area contributed by atoms with Crippen molar-refractivity contribution in [2.24, 2.45) is 12.0 Å². The number of para-hydroxylation sites is 1. The third-order valence-corrected chi connectivity index (χ3v) is 4.19. The van der Waals surface area contributed by atoms with Gasteiger partial charge in [-0.15, -0.1) is 0 Å². The molecule has 3 aromatic rings. The van der Waals surface area contributed by atoms with E-state index in [-0.39, 0.29) is 0 Å². The Balaban J connectivity index is 1.69. The van der Waals surface area contributed by atoms with Crippen molar-refractivity contribution in [3.8, 4) is 11.5 Å². The van der Waals surface area contributed by atoms with Crippen molar-refractivity contribution in [1.82, 2.24) is 25.4 Å². The molecule has 3 rings (SSSR count). The van der Waals surface area contributed by atoms with Crippen LogP contribution in [0, 0.1) is 6.92 Å². The Hall–Kier alpha value is -3.35. The van der Waals surface area contributed by atoms with Crippen LogP contribution in [0.2, 0.25) is 0 Å². The first-order valence-corrected chi connectivity index (χ1v) is 9.33. The molecule has 0 aliphatic carbocycles. The number of aryl methyl sites for hydroxylation is 2. The van der Waals surface area contributed by atoms with E-state index in [1.807, 2.05) is 62.5 Å². The SMILES string of the molecule is CCNC(=NCc1ccccc1Oc1ccc(C)cc1)NCc1ncnn1C. The zero-order chi connectivity index (χ0) is 19.8. The predicted molar refractivity (Wildman–Crippen MR) is 110 cm³/mol. The molecule has 1 heterocycles. The lowest BCUT2D eigenvalue weighted by molar-refractivity contribution is 0.476. The Morgan fingerprint density at radius 1 is 1.11 bits per heavy atom. The van der Waals surface area contributed by atoms with Gasteiger partial charge in [0.2, 0.25) is 0 Å². The molecule has 1 aromatic heterocycles. The molecule has 0 radical (unpaired) electrons. The summed E-state index contributed by atoms with van der Waals surface area (Å²) in [5, 5.41) is 10.6. The molecule has 0 aliphatic heterocycles. The standard InChI is InChI=1S/C21H26N6O/c1-4-22-21(24-14-20-25-15-26-27(20)3)23-13-17-7-5-6-8-19(17)28-18-11-9-16(2)10-12-18/h5-12,15H,4,13-14H2,1-3H3,(H2,22,23,24). The zero-order valence-electron chi connectivity index (χ0n) is 16.5. The van der Waals surface area contributed by atoms with Gasteiger partial charge >= 0.3 is 0 Å². The number of hydrogen-bond acceptors (Lipinski definition) is 4. The molecule has 0 aliphatic rings. The van der Waals surface area contributed by atoms with E-state index in [9.17, 15) is 0 Å². The smallest absolute Gasteiger partial charge is 0.191 e. The van der Waals surface area contributed by atoms with Crippen molar-refractivity contribution < 1.29 is 4.74 Å². The van der Waals surface area contributed by atoms with Gasteiger partial charge in [-0.2, -0.15) is 5.10 Å². The summed E-state index contributed by atoms with van der Waals surface area (Å²) in [6.45, 7) is 5.91. The van der Waals surface area contributed by atoms with Crippen LogP contribution < -0.4 is 15.4 Å². The van der Waals surface area contributed by atoms with E-state index < -0.39 is 0 Å². The summed E-state index contributed by atoms with van der Waals surface area (Å²) in [4.78, 5) is 8.91. The highest BCUT2D eigenvalue weighted by Crippen LogP contribution is 2.26. The summed E-state index contributed by atoms with van der Waals surface area (Å²) in [6, 6.07) is 16.0. The number of guanidine groups is 1. The first kappa shape index (κ1) is 19.4. The van der Waals surface area contributed by atoms with E-state index in [0.717, 1.165) is 35.4 Å². The van der Waals surface area contributed by atoms with Gasteiger partial charge in [-0.05, 0) is 32.0 Å².